The summed E-state index contributed by atoms with van der Waals surface area (Å²) in [6.07, 6.45) is -0.0153. The van der Waals surface area contributed by atoms with E-state index in [4.69, 9.17) is 10.5 Å². The van der Waals surface area contributed by atoms with Crippen molar-refractivity contribution in [2.45, 2.75) is 26.3 Å². The van der Waals surface area contributed by atoms with E-state index in [2.05, 4.69) is 5.32 Å². The smallest absolute Gasteiger partial charge is 0.307 e. The Hall–Kier alpha value is -1.10. The Morgan fingerprint density at radius 1 is 1.43 bits per heavy atom. The molecule has 3 N–H and O–H groups in total. The highest BCUT2D eigenvalue weighted by Crippen LogP contribution is 1.98. The fourth-order valence-corrected chi connectivity index (χ4v) is 0.830. The van der Waals surface area contributed by atoms with Gasteiger partial charge in [-0.15, -0.1) is 0 Å². The SMILES string of the molecule is CNC(CC(=O)OCC(C)C)C(N)=O. The van der Waals surface area contributed by atoms with E-state index < -0.39 is 17.9 Å². The van der Waals surface area contributed by atoms with Crippen molar-refractivity contribution >= 4 is 11.9 Å². The Balaban J connectivity index is 3.85. The average molecular weight is 202 g/mol. The van der Waals surface area contributed by atoms with Crippen LogP contribution in [0.3, 0.4) is 0 Å². The Kier molecular flexibility index (Phi) is 5.87. The second-order valence-electron chi connectivity index (χ2n) is 3.52. The van der Waals surface area contributed by atoms with Crippen LogP contribution in [0.25, 0.3) is 0 Å². The zero-order valence-corrected chi connectivity index (χ0v) is 8.87. The van der Waals surface area contributed by atoms with Crippen LogP contribution in [-0.4, -0.2) is 31.6 Å². The summed E-state index contributed by atoms with van der Waals surface area (Å²) < 4.78 is 4.90. The van der Waals surface area contributed by atoms with Gasteiger partial charge < -0.3 is 15.8 Å². The lowest BCUT2D eigenvalue weighted by Crippen LogP contribution is -2.41. The first-order valence-electron chi connectivity index (χ1n) is 4.59. The molecule has 14 heavy (non-hydrogen) atoms. The van der Waals surface area contributed by atoms with Crippen LogP contribution >= 0.6 is 0 Å². The number of primary amides is 1. The van der Waals surface area contributed by atoms with Gasteiger partial charge in [-0.3, -0.25) is 9.59 Å². The van der Waals surface area contributed by atoms with Crippen LogP contribution in [0.1, 0.15) is 20.3 Å². The van der Waals surface area contributed by atoms with Gasteiger partial charge in [0.15, 0.2) is 0 Å². The van der Waals surface area contributed by atoms with Crippen LogP contribution in [-0.2, 0) is 14.3 Å². The predicted molar refractivity (Wildman–Crippen MR) is 52.5 cm³/mol. The number of esters is 1. The number of nitrogens with one attached hydrogen (secondary N) is 1. The summed E-state index contributed by atoms with van der Waals surface area (Å²) >= 11 is 0. The number of nitrogens with two attached hydrogens (primary N) is 1. The van der Waals surface area contributed by atoms with Gasteiger partial charge in [-0.25, -0.2) is 0 Å². The van der Waals surface area contributed by atoms with Crippen molar-refractivity contribution in [3.8, 4) is 0 Å². The minimum Gasteiger partial charge on any atom is -0.465 e. The molecule has 0 fully saturated rings. The summed E-state index contributed by atoms with van der Waals surface area (Å²) in [6, 6.07) is -0.644. The number of rotatable bonds is 6. The maximum absolute atomic E-state index is 11.2. The van der Waals surface area contributed by atoms with Crippen LogP contribution in [0.5, 0.6) is 0 Å². The first-order chi connectivity index (χ1) is 6.47. The van der Waals surface area contributed by atoms with Crippen molar-refractivity contribution < 1.29 is 14.3 Å². The van der Waals surface area contributed by atoms with Gasteiger partial charge in [0.05, 0.1) is 19.1 Å². The van der Waals surface area contributed by atoms with Gasteiger partial charge in [-0.05, 0) is 13.0 Å². The number of likely N-dealkylation sites (N-methyl/N-ethyl adjacent to an activating group) is 1. The molecule has 0 aliphatic rings. The first kappa shape index (κ1) is 12.9. The predicted octanol–water partition coefficient (Wildman–Crippen LogP) is -0.351. The van der Waals surface area contributed by atoms with E-state index in [0.29, 0.717) is 12.5 Å². The molecule has 1 amide bonds. The van der Waals surface area contributed by atoms with Crippen molar-refractivity contribution in [1.29, 1.82) is 0 Å². The maximum atomic E-state index is 11.2. The number of amides is 1. The fourth-order valence-electron chi connectivity index (χ4n) is 0.830. The normalized spacial score (nSPS) is 12.6. The Morgan fingerprint density at radius 3 is 2.36 bits per heavy atom. The molecule has 5 heteroatoms. The number of carbonyl (C=O) groups excluding carboxylic acids is 2. The molecule has 0 heterocycles. The molecule has 0 aromatic rings. The molecule has 0 spiro atoms. The summed E-state index contributed by atoms with van der Waals surface area (Å²) in [5, 5.41) is 2.64. The van der Waals surface area contributed by atoms with Gasteiger partial charge in [-0.2, -0.15) is 0 Å². The molecular formula is C9H18N2O3. The minimum atomic E-state index is -0.644. The van der Waals surface area contributed by atoms with E-state index >= 15 is 0 Å². The molecule has 0 rings (SSSR count). The molecule has 82 valence electrons. The zero-order chi connectivity index (χ0) is 11.1. The van der Waals surface area contributed by atoms with Gasteiger partial charge in [0, 0.05) is 0 Å². The quantitative estimate of drug-likeness (QED) is 0.577. The number of ether oxygens (including phenoxy) is 1. The van der Waals surface area contributed by atoms with Crippen molar-refractivity contribution in [1.82, 2.24) is 5.32 Å². The summed E-state index contributed by atoms with van der Waals surface area (Å²) in [4.78, 5) is 21.9. The highest BCUT2D eigenvalue weighted by Gasteiger charge is 2.18. The van der Waals surface area contributed by atoms with E-state index in [0.717, 1.165) is 0 Å². The lowest BCUT2D eigenvalue weighted by molar-refractivity contribution is -0.146. The second kappa shape index (κ2) is 6.37. The molecule has 0 bridgehead atoms. The highest BCUT2D eigenvalue weighted by molar-refractivity contribution is 5.85. The third-order valence-corrected chi connectivity index (χ3v) is 1.64. The monoisotopic (exact) mass is 202 g/mol. The maximum Gasteiger partial charge on any atom is 0.307 e. The van der Waals surface area contributed by atoms with Crippen LogP contribution in [0, 0.1) is 5.92 Å². The Labute approximate surface area is 84.0 Å². The fraction of sp³-hybridized carbons (Fsp3) is 0.778. The van der Waals surface area contributed by atoms with Crippen molar-refractivity contribution in [3.63, 3.8) is 0 Å². The summed E-state index contributed by atoms with van der Waals surface area (Å²) in [5.41, 5.74) is 5.04. The first-order valence-corrected chi connectivity index (χ1v) is 4.59. The van der Waals surface area contributed by atoms with Gasteiger partial charge in [-0.1, -0.05) is 13.8 Å². The molecule has 1 unspecified atom stereocenters. The van der Waals surface area contributed by atoms with Gasteiger partial charge >= 0.3 is 5.97 Å². The summed E-state index contributed by atoms with van der Waals surface area (Å²) in [7, 11) is 1.57. The number of carbonyl (C=O) groups is 2. The van der Waals surface area contributed by atoms with Gasteiger partial charge in [0.1, 0.15) is 0 Å². The van der Waals surface area contributed by atoms with Gasteiger partial charge in [0.2, 0.25) is 5.91 Å². The van der Waals surface area contributed by atoms with E-state index in [1.165, 1.54) is 0 Å². The molecule has 1 atom stereocenters. The van der Waals surface area contributed by atoms with E-state index in [1.807, 2.05) is 13.8 Å². The van der Waals surface area contributed by atoms with Crippen LogP contribution in [0.4, 0.5) is 0 Å². The van der Waals surface area contributed by atoms with Crippen LogP contribution < -0.4 is 11.1 Å². The van der Waals surface area contributed by atoms with Crippen molar-refractivity contribution in [2.75, 3.05) is 13.7 Å². The third kappa shape index (κ3) is 5.53. The van der Waals surface area contributed by atoms with E-state index in [9.17, 15) is 9.59 Å². The number of hydrogen-bond donors (Lipinski definition) is 2. The lowest BCUT2D eigenvalue weighted by atomic mass is 10.2. The van der Waals surface area contributed by atoms with E-state index in [-0.39, 0.29) is 6.42 Å². The van der Waals surface area contributed by atoms with Crippen LogP contribution in [0.2, 0.25) is 0 Å². The summed E-state index contributed by atoms with van der Waals surface area (Å²) in [5.74, 6) is -0.661. The average Bonchev–Trinajstić information content (AvgIpc) is 2.10. The highest BCUT2D eigenvalue weighted by atomic mass is 16.5. The zero-order valence-electron chi connectivity index (χ0n) is 8.87. The largest absolute Gasteiger partial charge is 0.465 e. The second-order valence-corrected chi connectivity index (χ2v) is 3.52. The Morgan fingerprint density at radius 2 is 2.00 bits per heavy atom. The van der Waals surface area contributed by atoms with Gasteiger partial charge in [0.25, 0.3) is 0 Å². The van der Waals surface area contributed by atoms with Crippen molar-refractivity contribution in [2.24, 2.45) is 11.7 Å². The third-order valence-electron chi connectivity index (χ3n) is 1.64. The van der Waals surface area contributed by atoms with E-state index in [1.54, 1.807) is 7.05 Å². The summed E-state index contributed by atoms with van der Waals surface area (Å²) in [6.45, 7) is 4.25. The molecular weight excluding hydrogens is 184 g/mol. The molecule has 0 aromatic heterocycles. The number of hydrogen-bond acceptors (Lipinski definition) is 4. The lowest BCUT2D eigenvalue weighted by Gasteiger charge is -2.12. The molecule has 0 saturated carbocycles. The molecule has 0 radical (unpaired) electrons. The topological polar surface area (TPSA) is 81.4 Å². The molecule has 0 saturated heterocycles. The molecule has 0 aliphatic carbocycles. The van der Waals surface area contributed by atoms with Crippen LogP contribution in [0.15, 0.2) is 0 Å². The molecule has 0 aromatic carbocycles. The minimum absolute atomic E-state index is 0.0153. The molecule has 5 nitrogen and oxygen atoms in total. The Bertz CT molecular complexity index is 204. The van der Waals surface area contributed by atoms with Crippen molar-refractivity contribution in [3.05, 3.63) is 0 Å². The molecule has 0 aliphatic heterocycles. The standard InChI is InChI=1S/C9H18N2O3/c1-6(2)5-14-8(12)4-7(11-3)9(10)13/h6-7,11H,4-5H2,1-3H3,(H2,10,13).